The second-order valence-electron chi connectivity index (χ2n) is 8.34. The fraction of sp³-hybridized carbons (Fsp3) is 0.619. The molecule has 0 radical (unpaired) electrons. The van der Waals surface area contributed by atoms with Crippen molar-refractivity contribution in [3.8, 4) is 0 Å². The number of aliphatic imine (C=N–C) groups is 1. The maximum atomic E-state index is 11.6. The Hall–Kier alpha value is -2.15. The number of nitrogens with one attached hydrogen (secondary N) is 3. The SMILES string of the molecule is CN=C(NCCNC(=O)OC(C)(C)C)NCC1CCN(c2cc(Cl)ccc2C)C1. The first-order valence-electron chi connectivity index (χ1n) is 10.1. The highest BCUT2D eigenvalue weighted by Gasteiger charge is 2.24. The number of hydrogen-bond donors (Lipinski definition) is 3. The minimum atomic E-state index is -0.492. The minimum Gasteiger partial charge on any atom is -0.444 e. The van der Waals surface area contributed by atoms with Gasteiger partial charge in [0.05, 0.1) is 0 Å². The number of guanidine groups is 1. The zero-order chi connectivity index (χ0) is 21.4. The summed E-state index contributed by atoms with van der Waals surface area (Å²) in [5.41, 5.74) is 1.97. The number of carbonyl (C=O) groups is 1. The number of hydrogen-bond acceptors (Lipinski definition) is 4. The molecule has 1 unspecified atom stereocenters. The van der Waals surface area contributed by atoms with Crippen LogP contribution in [0.3, 0.4) is 0 Å². The van der Waals surface area contributed by atoms with Crippen LogP contribution in [0.2, 0.25) is 5.02 Å². The second kappa shape index (κ2) is 10.6. The molecule has 162 valence electrons. The van der Waals surface area contributed by atoms with Crippen molar-refractivity contribution in [2.45, 2.75) is 39.7 Å². The summed E-state index contributed by atoms with van der Waals surface area (Å²) in [5, 5.41) is 10.1. The fourth-order valence-corrected chi connectivity index (χ4v) is 3.43. The van der Waals surface area contributed by atoms with Gasteiger partial charge in [-0.3, -0.25) is 4.99 Å². The first-order valence-corrected chi connectivity index (χ1v) is 10.5. The number of anilines is 1. The van der Waals surface area contributed by atoms with E-state index in [4.69, 9.17) is 16.3 Å². The molecule has 0 saturated carbocycles. The van der Waals surface area contributed by atoms with Crippen LogP contribution in [0.1, 0.15) is 32.8 Å². The highest BCUT2D eigenvalue weighted by molar-refractivity contribution is 6.30. The third-order valence-electron chi connectivity index (χ3n) is 4.67. The monoisotopic (exact) mass is 423 g/mol. The lowest BCUT2D eigenvalue weighted by Crippen LogP contribution is -2.44. The van der Waals surface area contributed by atoms with Gasteiger partial charge in [-0.15, -0.1) is 0 Å². The van der Waals surface area contributed by atoms with E-state index in [0.717, 1.165) is 37.0 Å². The Bertz CT molecular complexity index is 718. The third-order valence-corrected chi connectivity index (χ3v) is 4.90. The van der Waals surface area contributed by atoms with Gasteiger partial charge in [-0.2, -0.15) is 0 Å². The van der Waals surface area contributed by atoms with Crippen LogP contribution < -0.4 is 20.9 Å². The molecule has 1 fully saturated rings. The molecule has 3 N–H and O–H groups in total. The predicted octanol–water partition coefficient (Wildman–Crippen LogP) is 3.16. The topological polar surface area (TPSA) is 78.0 Å². The van der Waals surface area contributed by atoms with Crippen molar-refractivity contribution in [1.29, 1.82) is 0 Å². The lowest BCUT2D eigenvalue weighted by molar-refractivity contribution is 0.0529. The van der Waals surface area contributed by atoms with Crippen LogP contribution in [0.15, 0.2) is 23.2 Å². The Balaban J connectivity index is 1.69. The quantitative estimate of drug-likeness (QED) is 0.372. The van der Waals surface area contributed by atoms with Crippen LogP contribution in [-0.4, -0.2) is 57.4 Å². The number of benzene rings is 1. The van der Waals surface area contributed by atoms with Crippen LogP contribution in [0.5, 0.6) is 0 Å². The predicted molar refractivity (Wildman–Crippen MR) is 120 cm³/mol. The molecule has 1 heterocycles. The maximum absolute atomic E-state index is 11.6. The second-order valence-corrected chi connectivity index (χ2v) is 8.78. The van der Waals surface area contributed by atoms with Gasteiger partial charge >= 0.3 is 6.09 Å². The molecule has 1 aromatic carbocycles. The van der Waals surface area contributed by atoms with E-state index < -0.39 is 11.7 Å². The standard InChI is InChI=1S/C21H34ClN5O2/c1-15-6-7-17(22)12-18(15)27-11-8-16(14-27)13-26-19(23-5)24-9-10-25-20(28)29-21(2,3)4/h6-7,12,16H,8-11,13-14H2,1-5H3,(H,25,28)(H2,23,24,26). The summed E-state index contributed by atoms with van der Waals surface area (Å²) in [6.45, 7) is 11.5. The van der Waals surface area contributed by atoms with Crippen molar-refractivity contribution in [3.05, 3.63) is 28.8 Å². The van der Waals surface area contributed by atoms with Gasteiger partial charge in [0, 0.05) is 50.5 Å². The third kappa shape index (κ3) is 8.01. The van der Waals surface area contributed by atoms with Crippen molar-refractivity contribution in [2.24, 2.45) is 10.9 Å². The molecule has 0 bridgehead atoms. The maximum Gasteiger partial charge on any atom is 0.407 e. The molecule has 1 atom stereocenters. The Morgan fingerprint density at radius 3 is 2.69 bits per heavy atom. The molecule has 2 rings (SSSR count). The van der Waals surface area contributed by atoms with Crippen LogP contribution in [0.4, 0.5) is 10.5 Å². The summed E-state index contributed by atoms with van der Waals surface area (Å²) < 4.78 is 5.21. The number of ether oxygens (including phenoxy) is 1. The van der Waals surface area contributed by atoms with Crippen molar-refractivity contribution in [1.82, 2.24) is 16.0 Å². The summed E-state index contributed by atoms with van der Waals surface area (Å²) in [4.78, 5) is 18.3. The molecule has 0 aromatic heterocycles. The Kier molecular flexibility index (Phi) is 8.44. The summed E-state index contributed by atoms with van der Waals surface area (Å²) >= 11 is 6.17. The van der Waals surface area contributed by atoms with Gasteiger partial charge in [-0.1, -0.05) is 17.7 Å². The molecule has 29 heavy (non-hydrogen) atoms. The largest absolute Gasteiger partial charge is 0.444 e. The summed E-state index contributed by atoms with van der Waals surface area (Å²) in [6, 6.07) is 6.05. The van der Waals surface area contributed by atoms with Crippen LogP contribution in [0, 0.1) is 12.8 Å². The first-order chi connectivity index (χ1) is 13.7. The van der Waals surface area contributed by atoms with E-state index in [1.165, 1.54) is 11.3 Å². The summed E-state index contributed by atoms with van der Waals surface area (Å²) in [7, 11) is 1.74. The molecule has 1 aromatic rings. The van der Waals surface area contributed by atoms with Gasteiger partial charge in [0.15, 0.2) is 5.96 Å². The first kappa shape index (κ1) is 23.1. The van der Waals surface area contributed by atoms with E-state index in [1.54, 1.807) is 7.05 Å². The van der Waals surface area contributed by atoms with Crippen LogP contribution >= 0.6 is 11.6 Å². The molecule has 0 aliphatic carbocycles. The summed E-state index contributed by atoms with van der Waals surface area (Å²) in [5.74, 6) is 1.26. The molecule has 1 aliphatic heterocycles. The smallest absolute Gasteiger partial charge is 0.407 e. The Morgan fingerprint density at radius 1 is 1.28 bits per heavy atom. The number of nitrogens with zero attached hydrogens (tertiary/aromatic N) is 2. The molecule has 1 saturated heterocycles. The van der Waals surface area contributed by atoms with E-state index in [9.17, 15) is 4.79 Å². The van der Waals surface area contributed by atoms with E-state index in [2.05, 4.69) is 38.8 Å². The number of aryl methyl sites for hydroxylation is 1. The van der Waals surface area contributed by atoms with Crippen molar-refractivity contribution in [3.63, 3.8) is 0 Å². The van der Waals surface area contributed by atoms with Crippen LogP contribution in [-0.2, 0) is 4.74 Å². The lowest BCUT2D eigenvalue weighted by Gasteiger charge is -2.22. The molecule has 1 aliphatic rings. The van der Waals surface area contributed by atoms with Gasteiger partial charge < -0.3 is 25.6 Å². The zero-order valence-corrected chi connectivity index (χ0v) is 18.9. The molecular weight excluding hydrogens is 390 g/mol. The zero-order valence-electron chi connectivity index (χ0n) is 18.1. The van der Waals surface area contributed by atoms with Crippen molar-refractivity contribution < 1.29 is 9.53 Å². The summed E-state index contributed by atoms with van der Waals surface area (Å²) in [6.07, 6.45) is 0.709. The number of rotatable bonds is 6. The van der Waals surface area contributed by atoms with Gasteiger partial charge in [0.2, 0.25) is 0 Å². The molecule has 1 amide bonds. The van der Waals surface area contributed by atoms with Gasteiger partial charge in [-0.05, 0) is 57.7 Å². The number of carbonyl (C=O) groups excluding carboxylic acids is 1. The minimum absolute atomic E-state index is 0.412. The average Bonchev–Trinajstić information content (AvgIpc) is 3.10. The molecule has 0 spiro atoms. The lowest BCUT2D eigenvalue weighted by atomic mass is 10.1. The molecule has 8 heteroatoms. The average molecular weight is 424 g/mol. The molecule has 7 nitrogen and oxygen atoms in total. The van der Waals surface area contributed by atoms with Crippen molar-refractivity contribution in [2.75, 3.05) is 44.7 Å². The van der Waals surface area contributed by atoms with E-state index in [1.807, 2.05) is 32.9 Å². The van der Waals surface area contributed by atoms with Gasteiger partial charge in [0.1, 0.15) is 5.60 Å². The highest BCUT2D eigenvalue weighted by atomic mass is 35.5. The van der Waals surface area contributed by atoms with Crippen molar-refractivity contribution >= 4 is 29.3 Å². The van der Waals surface area contributed by atoms with Gasteiger partial charge in [-0.25, -0.2) is 4.79 Å². The fourth-order valence-electron chi connectivity index (χ4n) is 3.26. The highest BCUT2D eigenvalue weighted by Crippen LogP contribution is 2.29. The Labute approximate surface area is 179 Å². The number of halogens is 1. The Morgan fingerprint density at radius 2 is 2.00 bits per heavy atom. The van der Waals surface area contributed by atoms with E-state index >= 15 is 0 Å². The normalized spacial score (nSPS) is 17.2. The van der Waals surface area contributed by atoms with Gasteiger partial charge in [0.25, 0.3) is 0 Å². The number of alkyl carbamates (subject to hydrolysis) is 1. The molecular formula is C21H34ClN5O2. The van der Waals surface area contributed by atoms with E-state index in [0.29, 0.717) is 19.0 Å². The van der Waals surface area contributed by atoms with E-state index in [-0.39, 0.29) is 0 Å². The van der Waals surface area contributed by atoms with Crippen LogP contribution in [0.25, 0.3) is 0 Å². The number of amides is 1.